The maximum atomic E-state index is 12.1. The summed E-state index contributed by atoms with van der Waals surface area (Å²) < 4.78 is 5.38. The molecule has 1 aromatic heterocycles. The van der Waals surface area contributed by atoms with Crippen LogP contribution in [0.15, 0.2) is 12.1 Å². The van der Waals surface area contributed by atoms with Crippen molar-refractivity contribution in [3.8, 4) is 0 Å². The molecule has 1 atom stereocenters. The molecule has 0 radical (unpaired) electrons. The van der Waals surface area contributed by atoms with E-state index in [1.165, 1.54) is 24.8 Å². The zero-order valence-electron chi connectivity index (χ0n) is 19.6. The fourth-order valence-corrected chi connectivity index (χ4v) is 4.93. The van der Waals surface area contributed by atoms with E-state index in [-0.39, 0.29) is 6.10 Å². The van der Waals surface area contributed by atoms with Crippen molar-refractivity contribution in [3.05, 3.63) is 23.4 Å². The predicted octanol–water partition coefficient (Wildman–Crippen LogP) is 3.74. The minimum Gasteiger partial charge on any atom is -0.480 e. The summed E-state index contributed by atoms with van der Waals surface area (Å²) in [5.41, 5.74) is 2.45. The van der Waals surface area contributed by atoms with E-state index in [4.69, 9.17) is 9.72 Å². The number of carbonyl (C=O) groups excluding carboxylic acids is 1. The summed E-state index contributed by atoms with van der Waals surface area (Å²) in [5, 5.41) is 15.5. The number of alkyl carbamates (subject to hydrolysis) is 1. The monoisotopic (exact) mass is 458 g/mol. The maximum absolute atomic E-state index is 12.1. The SMILES string of the molecule is O=C(N[C@@H](CCN(CCCCc1ccc2c(n1)NCCC2)C1CC1)C(=O)O)OC1CCCC1. The number of anilines is 1. The molecule has 4 rings (SSSR count). The molecule has 33 heavy (non-hydrogen) atoms. The van der Waals surface area contributed by atoms with Gasteiger partial charge < -0.3 is 25.4 Å². The van der Waals surface area contributed by atoms with Crippen LogP contribution in [0.2, 0.25) is 0 Å². The number of rotatable bonds is 12. The van der Waals surface area contributed by atoms with Gasteiger partial charge in [-0.05, 0) is 95.2 Å². The lowest BCUT2D eigenvalue weighted by atomic mass is 10.1. The van der Waals surface area contributed by atoms with Gasteiger partial charge in [-0.25, -0.2) is 14.6 Å². The van der Waals surface area contributed by atoms with Crippen LogP contribution in [0, 0.1) is 0 Å². The molecule has 0 bridgehead atoms. The fourth-order valence-electron chi connectivity index (χ4n) is 4.93. The van der Waals surface area contributed by atoms with E-state index in [0.29, 0.717) is 19.0 Å². The predicted molar refractivity (Wildman–Crippen MR) is 126 cm³/mol. The van der Waals surface area contributed by atoms with Crippen LogP contribution in [-0.4, -0.2) is 64.9 Å². The van der Waals surface area contributed by atoms with E-state index in [1.807, 2.05) is 0 Å². The Hall–Kier alpha value is -2.35. The summed E-state index contributed by atoms with van der Waals surface area (Å²) in [6, 6.07) is 4.00. The molecule has 1 aromatic rings. The lowest BCUT2D eigenvalue weighted by molar-refractivity contribution is -0.139. The first-order valence-corrected chi connectivity index (χ1v) is 12.7. The van der Waals surface area contributed by atoms with Crippen LogP contribution in [0.4, 0.5) is 10.6 Å². The Morgan fingerprint density at radius 3 is 2.73 bits per heavy atom. The zero-order valence-corrected chi connectivity index (χ0v) is 19.6. The second kappa shape index (κ2) is 11.7. The molecule has 3 N–H and O–H groups in total. The quantitative estimate of drug-likeness (QED) is 0.410. The zero-order chi connectivity index (χ0) is 23.0. The van der Waals surface area contributed by atoms with Crippen molar-refractivity contribution in [2.45, 2.75) is 95.2 Å². The van der Waals surface area contributed by atoms with Gasteiger partial charge in [-0.15, -0.1) is 0 Å². The molecule has 8 nitrogen and oxygen atoms in total. The molecule has 0 saturated heterocycles. The molecule has 0 spiro atoms. The van der Waals surface area contributed by atoms with Gasteiger partial charge in [-0.2, -0.15) is 0 Å². The normalized spacial score (nSPS) is 19.1. The summed E-state index contributed by atoms with van der Waals surface area (Å²) in [5.74, 6) is 0.0539. The van der Waals surface area contributed by atoms with E-state index < -0.39 is 18.1 Å². The van der Waals surface area contributed by atoms with E-state index in [0.717, 1.165) is 76.0 Å². The molecule has 2 aliphatic carbocycles. The molecule has 2 heterocycles. The highest BCUT2D eigenvalue weighted by Gasteiger charge is 2.30. The molecular formula is C25H38N4O4. The lowest BCUT2D eigenvalue weighted by Gasteiger charge is -2.24. The molecule has 1 aliphatic heterocycles. The first-order chi connectivity index (χ1) is 16.1. The third kappa shape index (κ3) is 7.32. The number of carboxylic acid groups (broad SMARTS) is 1. The first-order valence-electron chi connectivity index (χ1n) is 12.7. The standard InChI is InChI=1S/C25H38N4O4/c30-24(31)22(28-25(32)33-21-8-1-2-9-21)14-17-29(20-12-13-20)16-4-3-7-19-11-10-18-6-5-15-26-23(18)27-19/h10-11,20-22H,1-9,12-17H2,(H,26,27)(H,28,32)(H,30,31)/t22-/m0/s1. The van der Waals surface area contributed by atoms with Gasteiger partial charge in [-0.3, -0.25) is 0 Å². The number of pyridine rings is 1. The number of carboxylic acids is 1. The second-order valence-corrected chi connectivity index (χ2v) is 9.70. The molecule has 2 fully saturated rings. The topological polar surface area (TPSA) is 104 Å². The summed E-state index contributed by atoms with van der Waals surface area (Å²) in [4.78, 5) is 31.0. The number of nitrogens with zero attached hydrogens (tertiary/aromatic N) is 2. The molecular weight excluding hydrogens is 420 g/mol. The van der Waals surface area contributed by atoms with Gasteiger partial charge in [0.15, 0.2) is 0 Å². The van der Waals surface area contributed by atoms with Crippen LogP contribution in [0.3, 0.4) is 0 Å². The highest BCUT2D eigenvalue weighted by molar-refractivity contribution is 5.79. The van der Waals surface area contributed by atoms with Crippen LogP contribution in [0.25, 0.3) is 0 Å². The Kier molecular flexibility index (Phi) is 8.42. The van der Waals surface area contributed by atoms with Crippen molar-refractivity contribution in [1.29, 1.82) is 0 Å². The van der Waals surface area contributed by atoms with Crippen LogP contribution in [0.1, 0.15) is 75.5 Å². The number of nitrogens with one attached hydrogen (secondary N) is 2. The van der Waals surface area contributed by atoms with E-state index in [1.54, 1.807) is 0 Å². The highest BCUT2D eigenvalue weighted by Crippen LogP contribution is 2.28. The van der Waals surface area contributed by atoms with Crippen LogP contribution < -0.4 is 10.6 Å². The third-order valence-electron chi connectivity index (χ3n) is 7.01. The Balaban J connectivity index is 1.18. The number of aryl methyl sites for hydroxylation is 2. The fraction of sp³-hybridized carbons (Fsp3) is 0.720. The molecule has 0 unspecified atom stereocenters. The Bertz CT molecular complexity index is 808. The van der Waals surface area contributed by atoms with Crippen molar-refractivity contribution in [3.63, 3.8) is 0 Å². The van der Waals surface area contributed by atoms with Crippen molar-refractivity contribution < 1.29 is 19.4 Å². The molecule has 182 valence electrons. The summed E-state index contributed by atoms with van der Waals surface area (Å²) in [6.07, 6.45) is 11.3. The number of hydrogen-bond acceptors (Lipinski definition) is 6. The minimum atomic E-state index is -0.999. The van der Waals surface area contributed by atoms with Crippen molar-refractivity contribution in [1.82, 2.24) is 15.2 Å². The number of aliphatic carboxylic acids is 1. The molecule has 2 saturated carbocycles. The number of unbranched alkanes of at least 4 members (excludes halogenated alkanes) is 1. The van der Waals surface area contributed by atoms with Gasteiger partial charge in [0.1, 0.15) is 18.0 Å². The summed E-state index contributed by atoms with van der Waals surface area (Å²) >= 11 is 0. The molecule has 8 heteroatoms. The lowest BCUT2D eigenvalue weighted by Crippen LogP contribution is -2.44. The molecule has 0 aromatic carbocycles. The third-order valence-corrected chi connectivity index (χ3v) is 7.01. The van der Waals surface area contributed by atoms with Gasteiger partial charge in [0.05, 0.1) is 0 Å². The van der Waals surface area contributed by atoms with Crippen LogP contribution >= 0.6 is 0 Å². The Morgan fingerprint density at radius 2 is 1.97 bits per heavy atom. The first kappa shape index (κ1) is 23.8. The van der Waals surface area contributed by atoms with Gasteiger partial charge in [0.25, 0.3) is 0 Å². The maximum Gasteiger partial charge on any atom is 0.408 e. The number of aromatic nitrogens is 1. The summed E-state index contributed by atoms with van der Waals surface area (Å²) in [6.45, 7) is 2.63. The van der Waals surface area contributed by atoms with E-state index in [9.17, 15) is 14.7 Å². The van der Waals surface area contributed by atoms with Gasteiger partial charge in [0.2, 0.25) is 0 Å². The average molecular weight is 459 g/mol. The molecule has 3 aliphatic rings. The number of carbonyl (C=O) groups is 2. The van der Waals surface area contributed by atoms with Gasteiger partial charge in [0, 0.05) is 24.8 Å². The van der Waals surface area contributed by atoms with Crippen molar-refractivity contribution >= 4 is 17.9 Å². The molecule has 1 amide bonds. The number of fused-ring (bicyclic) bond motifs is 1. The Morgan fingerprint density at radius 1 is 1.15 bits per heavy atom. The highest BCUT2D eigenvalue weighted by atomic mass is 16.6. The van der Waals surface area contributed by atoms with Crippen LogP contribution in [0.5, 0.6) is 0 Å². The van der Waals surface area contributed by atoms with E-state index in [2.05, 4.69) is 27.7 Å². The van der Waals surface area contributed by atoms with Crippen molar-refractivity contribution in [2.75, 3.05) is 25.0 Å². The van der Waals surface area contributed by atoms with E-state index >= 15 is 0 Å². The number of ether oxygens (including phenoxy) is 1. The number of amides is 1. The average Bonchev–Trinajstić information content (AvgIpc) is 3.53. The van der Waals surface area contributed by atoms with Crippen LogP contribution in [-0.2, 0) is 22.4 Å². The van der Waals surface area contributed by atoms with Gasteiger partial charge >= 0.3 is 12.1 Å². The Labute approximate surface area is 196 Å². The second-order valence-electron chi connectivity index (χ2n) is 9.70. The smallest absolute Gasteiger partial charge is 0.408 e. The van der Waals surface area contributed by atoms with Crippen molar-refractivity contribution in [2.24, 2.45) is 0 Å². The number of hydrogen-bond donors (Lipinski definition) is 3. The summed E-state index contributed by atoms with van der Waals surface area (Å²) in [7, 11) is 0. The minimum absolute atomic E-state index is 0.0669. The van der Waals surface area contributed by atoms with Gasteiger partial charge in [-0.1, -0.05) is 6.07 Å². The largest absolute Gasteiger partial charge is 0.480 e.